The maximum absolute atomic E-state index is 13.9. The smallest absolute Gasteiger partial charge is 0.254 e. The number of nitrogens with zero attached hydrogens (tertiary/aromatic N) is 2. The van der Waals surface area contributed by atoms with Crippen molar-refractivity contribution in [3.63, 3.8) is 0 Å². The Kier molecular flexibility index (Phi) is 5.53. The van der Waals surface area contributed by atoms with Crippen LogP contribution >= 0.6 is 0 Å². The molecule has 0 aliphatic rings. The Bertz CT molecular complexity index is 879. The molecule has 0 unspecified atom stereocenters. The zero-order chi connectivity index (χ0) is 18.8. The van der Waals surface area contributed by atoms with Crippen LogP contribution < -0.4 is 10.5 Å². The molecule has 0 aliphatic carbocycles. The summed E-state index contributed by atoms with van der Waals surface area (Å²) in [6.45, 7) is 5.59. The molecular weight excluding hydrogens is 351 g/mol. The van der Waals surface area contributed by atoms with Crippen LogP contribution in [0.15, 0.2) is 27.6 Å². The van der Waals surface area contributed by atoms with E-state index < -0.39 is 33.4 Å². The van der Waals surface area contributed by atoms with E-state index in [0.29, 0.717) is 18.2 Å². The maximum atomic E-state index is 13.9. The SMILES string of the molecule is CC(C)Cc1noc([C@@H](C)NC(=O)c2cc(S(N)(=O)=O)ccc2F)n1. The van der Waals surface area contributed by atoms with Crippen LogP contribution in [-0.4, -0.2) is 24.5 Å². The van der Waals surface area contributed by atoms with Gasteiger partial charge in [-0.25, -0.2) is 17.9 Å². The Labute approximate surface area is 144 Å². The normalized spacial score (nSPS) is 13.0. The minimum absolute atomic E-state index is 0.173. The molecule has 8 nitrogen and oxygen atoms in total. The number of carbonyl (C=O) groups is 1. The third kappa shape index (κ3) is 4.83. The van der Waals surface area contributed by atoms with Gasteiger partial charge in [-0.2, -0.15) is 4.98 Å². The Morgan fingerprint density at radius 3 is 2.64 bits per heavy atom. The average Bonchev–Trinajstić information content (AvgIpc) is 2.94. The second kappa shape index (κ2) is 7.28. The van der Waals surface area contributed by atoms with Crippen molar-refractivity contribution in [2.24, 2.45) is 11.1 Å². The van der Waals surface area contributed by atoms with Crippen molar-refractivity contribution in [3.8, 4) is 0 Å². The summed E-state index contributed by atoms with van der Waals surface area (Å²) in [6.07, 6.45) is 0.620. The molecule has 1 heterocycles. The second-order valence-electron chi connectivity index (χ2n) is 6.03. The molecule has 0 radical (unpaired) electrons. The van der Waals surface area contributed by atoms with E-state index in [-0.39, 0.29) is 10.8 Å². The Morgan fingerprint density at radius 1 is 1.36 bits per heavy atom. The van der Waals surface area contributed by atoms with E-state index in [0.717, 1.165) is 18.2 Å². The zero-order valence-electron chi connectivity index (χ0n) is 14.0. The number of carbonyl (C=O) groups excluding carboxylic acids is 1. The molecule has 0 aliphatic heterocycles. The van der Waals surface area contributed by atoms with Crippen LogP contribution in [0.1, 0.15) is 48.9 Å². The molecule has 0 bridgehead atoms. The summed E-state index contributed by atoms with van der Waals surface area (Å²) in [6, 6.07) is 2.05. The number of amides is 1. The lowest BCUT2D eigenvalue weighted by atomic mass is 10.1. The van der Waals surface area contributed by atoms with Crippen molar-refractivity contribution in [3.05, 3.63) is 41.3 Å². The molecule has 0 saturated carbocycles. The molecule has 1 amide bonds. The molecule has 10 heteroatoms. The van der Waals surface area contributed by atoms with E-state index in [1.54, 1.807) is 6.92 Å². The Balaban J connectivity index is 2.17. The highest BCUT2D eigenvalue weighted by atomic mass is 32.2. The fraction of sp³-hybridized carbons (Fsp3) is 0.400. The van der Waals surface area contributed by atoms with Gasteiger partial charge in [0.05, 0.1) is 10.5 Å². The number of hydrogen-bond acceptors (Lipinski definition) is 6. The van der Waals surface area contributed by atoms with Crippen molar-refractivity contribution >= 4 is 15.9 Å². The van der Waals surface area contributed by atoms with E-state index in [4.69, 9.17) is 9.66 Å². The zero-order valence-corrected chi connectivity index (χ0v) is 14.8. The molecule has 0 fully saturated rings. The van der Waals surface area contributed by atoms with E-state index in [2.05, 4.69) is 15.5 Å². The topological polar surface area (TPSA) is 128 Å². The van der Waals surface area contributed by atoms with Crippen LogP contribution in [0.2, 0.25) is 0 Å². The fourth-order valence-electron chi connectivity index (χ4n) is 2.08. The van der Waals surface area contributed by atoms with Crippen molar-refractivity contribution < 1.29 is 22.1 Å². The second-order valence-corrected chi connectivity index (χ2v) is 7.59. The minimum atomic E-state index is -4.05. The van der Waals surface area contributed by atoms with Crippen LogP contribution in [-0.2, 0) is 16.4 Å². The standard InChI is InChI=1S/C15H19FN4O4S/c1-8(2)6-13-19-15(24-20-13)9(3)18-14(21)11-7-10(25(17,22)23)4-5-12(11)16/h4-5,7-9H,6H2,1-3H3,(H,18,21)(H2,17,22,23)/t9-/m1/s1. The van der Waals surface area contributed by atoms with Gasteiger partial charge < -0.3 is 9.84 Å². The minimum Gasteiger partial charge on any atom is -0.340 e. The highest BCUT2D eigenvalue weighted by Crippen LogP contribution is 2.17. The van der Waals surface area contributed by atoms with Gasteiger partial charge in [0.15, 0.2) is 5.82 Å². The number of halogens is 1. The van der Waals surface area contributed by atoms with Gasteiger partial charge in [-0.15, -0.1) is 0 Å². The summed E-state index contributed by atoms with van der Waals surface area (Å²) in [7, 11) is -4.05. The number of primary sulfonamides is 1. The van der Waals surface area contributed by atoms with Crippen LogP contribution in [0.4, 0.5) is 4.39 Å². The summed E-state index contributed by atoms with van der Waals surface area (Å²) in [4.78, 5) is 16.1. The Morgan fingerprint density at radius 2 is 2.04 bits per heavy atom. The third-order valence-corrected chi connectivity index (χ3v) is 4.21. The van der Waals surface area contributed by atoms with Crippen LogP contribution in [0, 0.1) is 11.7 Å². The van der Waals surface area contributed by atoms with E-state index >= 15 is 0 Å². The maximum Gasteiger partial charge on any atom is 0.254 e. The summed E-state index contributed by atoms with van der Waals surface area (Å²) in [5.74, 6) is -0.673. The molecule has 2 rings (SSSR count). The number of nitrogens with one attached hydrogen (secondary N) is 1. The molecule has 136 valence electrons. The van der Waals surface area contributed by atoms with Gasteiger partial charge in [0, 0.05) is 6.42 Å². The first-order valence-corrected chi connectivity index (χ1v) is 9.08. The van der Waals surface area contributed by atoms with Crippen LogP contribution in [0.5, 0.6) is 0 Å². The van der Waals surface area contributed by atoms with Gasteiger partial charge in [-0.05, 0) is 31.0 Å². The van der Waals surface area contributed by atoms with Gasteiger partial charge in [0.2, 0.25) is 15.9 Å². The van der Waals surface area contributed by atoms with E-state index in [9.17, 15) is 17.6 Å². The van der Waals surface area contributed by atoms with Crippen LogP contribution in [0.25, 0.3) is 0 Å². The van der Waals surface area contributed by atoms with Gasteiger partial charge >= 0.3 is 0 Å². The Hall–Kier alpha value is -2.33. The number of rotatable bonds is 6. The molecule has 0 spiro atoms. The largest absolute Gasteiger partial charge is 0.340 e. The molecule has 25 heavy (non-hydrogen) atoms. The van der Waals surface area contributed by atoms with Crippen molar-refractivity contribution in [2.75, 3.05) is 0 Å². The number of sulfonamides is 1. The summed E-state index contributed by atoms with van der Waals surface area (Å²) < 4.78 is 41.6. The predicted octanol–water partition coefficient (Wildman–Crippen LogP) is 1.55. The van der Waals surface area contributed by atoms with Gasteiger partial charge in [-0.3, -0.25) is 4.79 Å². The van der Waals surface area contributed by atoms with Gasteiger partial charge in [0.25, 0.3) is 5.91 Å². The quantitative estimate of drug-likeness (QED) is 0.794. The van der Waals surface area contributed by atoms with Crippen molar-refractivity contribution in [2.45, 2.75) is 38.1 Å². The molecule has 1 aromatic carbocycles. The number of aromatic nitrogens is 2. The first-order chi connectivity index (χ1) is 11.6. The average molecular weight is 370 g/mol. The van der Waals surface area contributed by atoms with E-state index in [1.165, 1.54) is 0 Å². The summed E-state index contributed by atoms with van der Waals surface area (Å²) >= 11 is 0. The van der Waals surface area contributed by atoms with Crippen LogP contribution in [0.3, 0.4) is 0 Å². The lowest BCUT2D eigenvalue weighted by Gasteiger charge is -2.11. The monoisotopic (exact) mass is 370 g/mol. The van der Waals surface area contributed by atoms with Crippen molar-refractivity contribution in [1.82, 2.24) is 15.5 Å². The fourth-order valence-corrected chi connectivity index (χ4v) is 2.62. The summed E-state index contributed by atoms with van der Waals surface area (Å²) in [5.41, 5.74) is -0.444. The highest BCUT2D eigenvalue weighted by molar-refractivity contribution is 7.89. The first kappa shape index (κ1) is 19.0. The third-order valence-electron chi connectivity index (χ3n) is 3.30. The van der Waals surface area contributed by atoms with Crippen molar-refractivity contribution in [1.29, 1.82) is 0 Å². The van der Waals surface area contributed by atoms with E-state index in [1.807, 2.05) is 13.8 Å². The van der Waals surface area contributed by atoms with Gasteiger partial charge in [-0.1, -0.05) is 19.0 Å². The highest BCUT2D eigenvalue weighted by Gasteiger charge is 2.21. The first-order valence-electron chi connectivity index (χ1n) is 7.53. The molecular formula is C15H19FN4O4S. The molecule has 2 aromatic rings. The number of hydrogen-bond donors (Lipinski definition) is 2. The molecule has 1 atom stereocenters. The van der Waals surface area contributed by atoms with Gasteiger partial charge in [0.1, 0.15) is 11.9 Å². The predicted molar refractivity (Wildman–Crippen MR) is 86.5 cm³/mol. The number of benzene rings is 1. The molecule has 1 aromatic heterocycles. The molecule has 3 N–H and O–H groups in total. The molecule has 0 saturated heterocycles. The lowest BCUT2D eigenvalue weighted by Crippen LogP contribution is -2.28. The summed E-state index contributed by atoms with van der Waals surface area (Å²) in [5, 5.41) is 11.3. The lowest BCUT2D eigenvalue weighted by molar-refractivity contribution is 0.0928. The number of nitrogens with two attached hydrogens (primary N) is 1.